The van der Waals surface area contributed by atoms with Gasteiger partial charge in [-0.2, -0.15) is 0 Å². The Morgan fingerprint density at radius 1 is 1.23 bits per heavy atom. The van der Waals surface area contributed by atoms with E-state index in [1.54, 1.807) is 23.5 Å². The summed E-state index contributed by atoms with van der Waals surface area (Å²) in [5, 5.41) is 11.7. The zero-order chi connectivity index (χ0) is 21.1. The second kappa shape index (κ2) is 6.89. The van der Waals surface area contributed by atoms with Gasteiger partial charge in [0.25, 0.3) is 0 Å². The molecule has 0 unspecified atom stereocenters. The maximum atomic E-state index is 13.4. The second-order valence-electron chi connectivity index (χ2n) is 9.20. The van der Waals surface area contributed by atoms with Crippen molar-refractivity contribution in [3.05, 3.63) is 69.6 Å². The molecular formula is C25H27FN2OS. The average molecular weight is 423 g/mol. The number of hydrogen-bond donors (Lipinski definition) is 1. The molecule has 1 fully saturated rings. The Balaban J connectivity index is 1.56. The number of hydrogen-bond acceptors (Lipinski definition) is 3. The summed E-state index contributed by atoms with van der Waals surface area (Å²) in [5.74, 6) is -0.105. The van der Waals surface area contributed by atoms with Crippen molar-refractivity contribution < 1.29 is 9.50 Å². The van der Waals surface area contributed by atoms with E-state index in [-0.39, 0.29) is 17.2 Å². The van der Waals surface area contributed by atoms with Gasteiger partial charge >= 0.3 is 0 Å². The van der Waals surface area contributed by atoms with E-state index in [0.717, 1.165) is 47.6 Å². The second-order valence-corrected chi connectivity index (χ2v) is 10.5. The van der Waals surface area contributed by atoms with Crippen LogP contribution in [0.2, 0.25) is 0 Å². The normalized spacial score (nSPS) is 25.2. The van der Waals surface area contributed by atoms with E-state index in [2.05, 4.69) is 41.6 Å². The molecule has 2 aromatic heterocycles. The molecule has 0 spiro atoms. The first-order valence-electron chi connectivity index (χ1n) is 10.6. The number of allylic oxidation sites excluding steroid dienone is 1. The zero-order valence-corrected chi connectivity index (χ0v) is 18.5. The summed E-state index contributed by atoms with van der Waals surface area (Å²) in [6.45, 7) is 7.18. The Kier molecular flexibility index (Phi) is 4.53. The first-order valence-corrected chi connectivity index (χ1v) is 11.4. The molecule has 3 atom stereocenters. The van der Waals surface area contributed by atoms with Crippen LogP contribution in [-0.2, 0) is 12.1 Å². The fourth-order valence-electron chi connectivity index (χ4n) is 5.57. The molecule has 0 amide bonds. The van der Waals surface area contributed by atoms with Gasteiger partial charge in [-0.1, -0.05) is 12.5 Å². The predicted octanol–water partition coefficient (Wildman–Crippen LogP) is 6.17. The average Bonchev–Trinajstić information content (AvgIpc) is 3.32. The van der Waals surface area contributed by atoms with Gasteiger partial charge in [0.15, 0.2) is 0 Å². The van der Waals surface area contributed by atoms with Crippen molar-refractivity contribution in [2.24, 2.45) is 11.3 Å². The van der Waals surface area contributed by atoms with Gasteiger partial charge in [-0.3, -0.25) is 0 Å². The third kappa shape index (κ3) is 2.98. The number of benzene rings is 1. The van der Waals surface area contributed by atoms with E-state index in [4.69, 9.17) is 0 Å². The topological polar surface area (TPSA) is 38.1 Å². The minimum absolute atomic E-state index is 0.132. The minimum atomic E-state index is -0.870. The molecule has 30 heavy (non-hydrogen) atoms. The van der Waals surface area contributed by atoms with Gasteiger partial charge in [-0.05, 0) is 75.6 Å². The van der Waals surface area contributed by atoms with Gasteiger partial charge < -0.3 is 9.67 Å². The number of thiophene rings is 1. The number of imidazole rings is 1. The Labute approximate surface area is 180 Å². The number of halogens is 1. The lowest BCUT2D eigenvalue weighted by Crippen LogP contribution is -2.48. The van der Waals surface area contributed by atoms with Crippen molar-refractivity contribution in [1.82, 2.24) is 9.55 Å². The quantitative estimate of drug-likeness (QED) is 0.548. The fraction of sp³-hybridized carbons (Fsp3) is 0.400. The third-order valence-corrected chi connectivity index (χ3v) is 8.39. The molecule has 1 aromatic carbocycles. The minimum Gasteiger partial charge on any atom is -0.384 e. The Bertz CT molecular complexity index is 1120. The van der Waals surface area contributed by atoms with Crippen LogP contribution in [0.3, 0.4) is 0 Å². The van der Waals surface area contributed by atoms with Crippen molar-refractivity contribution >= 4 is 17.4 Å². The molecule has 3 heterocycles. The van der Waals surface area contributed by atoms with Gasteiger partial charge in [0, 0.05) is 33.2 Å². The Hall–Kier alpha value is -2.24. The maximum Gasteiger partial charge on any atom is 0.123 e. The molecule has 0 bridgehead atoms. The molecule has 156 valence electrons. The molecule has 0 saturated heterocycles. The van der Waals surface area contributed by atoms with Crippen LogP contribution in [0, 0.1) is 24.1 Å². The first kappa shape index (κ1) is 19.7. The lowest BCUT2D eigenvalue weighted by atomic mass is 9.58. The molecule has 3 nitrogen and oxygen atoms in total. The van der Waals surface area contributed by atoms with Crippen LogP contribution in [0.15, 0.2) is 48.3 Å². The highest BCUT2D eigenvalue weighted by atomic mass is 32.1. The summed E-state index contributed by atoms with van der Waals surface area (Å²) < 4.78 is 15.6. The Morgan fingerprint density at radius 3 is 2.70 bits per heavy atom. The SMILES string of the molecule is Cc1ccc([C@@](C)(O)[C@H]2CCCC3=Cc4c(-c5ccc(F)cc5)ncn4C[C@@]32C)s1. The molecule has 3 aromatic rings. The van der Waals surface area contributed by atoms with Crippen molar-refractivity contribution in [3.8, 4) is 11.3 Å². The molecule has 1 saturated carbocycles. The lowest BCUT2D eigenvalue weighted by Gasteiger charge is -2.51. The highest BCUT2D eigenvalue weighted by molar-refractivity contribution is 7.12. The molecule has 1 aliphatic heterocycles. The maximum absolute atomic E-state index is 13.4. The van der Waals surface area contributed by atoms with E-state index in [1.807, 2.05) is 13.3 Å². The van der Waals surface area contributed by atoms with Crippen molar-refractivity contribution in [1.29, 1.82) is 0 Å². The summed E-state index contributed by atoms with van der Waals surface area (Å²) >= 11 is 1.70. The zero-order valence-electron chi connectivity index (χ0n) is 17.7. The third-order valence-electron chi connectivity index (χ3n) is 7.16. The Morgan fingerprint density at radius 2 is 2.00 bits per heavy atom. The number of nitrogens with zero attached hydrogens (tertiary/aromatic N) is 2. The van der Waals surface area contributed by atoms with E-state index < -0.39 is 5.60 Å². The van der Waals surface area contributed by atoms with E-state index >= 15 is 0 Å². The molecule has 1 N–H and O–H groups in total. The summed E-state index contributed by atoms with van der Waals surface area (Å²) in [6, 6.07) is 10.7. The molecule has 1 aliphatic carbocycles. The van der Waals surface area contributed by atoms with Crippen molar-refractivity contribution in [2.45, 2.75) is 52.2 Å². The van der Waals surface area contributed by atoms with Crippen LogP contribution < -0.4 is 0 Å². The van der Waals surface area contributed by atoms with E-state index in [1.165, 1.54) is 22.6 Å². The van der Waals surface area contributed by atoms with Crippen molar-refractivity contribution in [2.75, 3.05) is 0 Å². The molecule has 5 heteroatoms. The lowest BCUT2D eigenvalue weighted by molar-refractivity contribution is -0.0687. The van der Waals surface area contributed by atoms with Gasteiger partial charge in [0.1, 0.15) is 5.82 Å². The van der Waals surface area contributed by atoms with Gasteiger partial charge in [0.2, 0.25) is 0 Å². The van der Waals surface area contributed by atoms with Gasteiger partial charge in [-0.15, -0.1) is 11.3 Å². The van der Waals surface area contributed by atoms with Gasteiger partial charge in [0.05, 0.1) is 23.3 Å². The standard InChI is InChI=1S/C25H27FN2OS/c1-16-7-12-22(30-16)25(3,29)21-6-4-5-18-13-20-23(17-8-10-19(26)11-9-17)27-15-28(20)14-24(18,21)2/h7-13,15,21,29H,4-6,14H2,1-3H3/t21-,24-,25-/m0/s1. The highest BCUT2D eigenvalue weighted by Crippen LogP contribution is 2.56. The van der Waals surface area contributed by atoms with Crippen molar-refractivity contribution in [3.63, 3.8) is 0 Å². The highest BCUT2D eigenvalue weighted by Gasteiger charge is 2.51. The fourth-order valence-corrected chi connectivity index (χ4v) is 6.54. The monoisotopic (exact) mass is 422 g/mol. The number of aliphatic hydroxyl groups is 1. The van der Waals surface area contributed by atoms with Gasteiger partial charge in [-0.25, -0.2) is 9.37 Å². The summed E-state index contributed by atoms with van der Waals surface area (Å²) in [6.07, 6.45) is 7.29. The predicted molar refractivity (Wildman–Crippen MR) is 120 cm³/mol. The van der Waals surface area contributed by atoms with Crippen LogP contribution in [0.4, 0.5) is 4.39 Å². The molecule has 2 aliphatic rings. The summed E-state index contributed by atoms with van der Waals surface area (Å²) in [7, 11) is 0. The van der Waals surface area contributed by atoms with Crippen LogP contribution in [0.5, 0.6) is 0 Å². The number of fused-ring (bicyclic) bond motifs is 2. The largest absolute Gasteiger partial charge is 0.384 e. The van der Waals surface area contributed by atoms with Crippen LogP contribution in [0.1, 0.15) is 48.6 Å². The first-order chi connectivity index (χ1) is 14.3. The smallest absolute Gasteiger partial charge is 0.123 e. The molecule has 5 rings (SSSR count). The van der Waals surface area contributed by atoms with E-state index in [0.29, 0.717) is 0 Å². The summed E-state index contributed by atoms with van der Waals surface area (Å²) in [4.78, 5) is 6.95. The molecular weight excluding hydrogens is 395 g/mol. The van der Waals surface area contributed by atoms with E-state index in [9.17, 15) is 9.50 Å². The molecule has 0 radical (unpaired) electrons. The van der Waals surface area contributed by atoms with Crippen LogP contribution >= 0.6 is 11.3 Å². The number of rotatable bonds is 3. The number of aromatic nitrogens is 2. The number of aryl methyl sites for hydroxylation is 1. The van der Waals surface area contributed by atoms with Crippen LogP contribution in [-0.4, -0.2) is 14.7 Å². The van der Waals surface area contributed by atoms with Crippen LogP contribution in [0.25, 0.3) is 17.3 Å². The summed E-state index contributed by atoms with van der Waals surface area (Å²) in [5.41, 5.74) is 3.30.